The Hall–Kier alpha value is -6.44. The highest BCUT2D eigenvalue weighted by Crippen LogP contribution is 2.59. The second-order valence-electron chi connectivity index (χ2n) is 22.2. The van der Waals surface area contributed by atoms with Gasteiger partial charge in [-0.25, -0.2) is 0 Å². The summed E-state index contributed by atoms with van der Waals surface area (Å²) >= 11 is 0. The Kier molecular flexibility index (Phi) is 9.79. The van der Waals surface area contributed by atoms with E-state index < -0.39 is 5.41 Å². The third-order valence-electron chi connectivity index (χ3n) is 16.3. The van der Waals surface area contributed by atoms with E-state index in [1.165, 1.54) is 109 Å². The first kappa shape index (κ1) is 42.2. The van der Waals surface area contributed by atoms with Gasteiger partial charge in [0.1, 0.15) is 0 Å². The average Bonchev–Trinajstić information content (AvgIpc) is 3.62. The van der Waals surface area contributed by atoms with Crippen LogP contribution < -0.4 is 4.90 Å². The minimum absolute atomic E-state index is 0.0532. The van der Waals surface area contributed by atoms with Crippen LogP contribution in [0.4, 0.5) is 17.1 Å². The van der Waals surface area contributed by atoms with Crippen LogP contribution in [0, 0.1) is 0 Å². The van der Waals surface area contributed by atoms with Crippen LogP contribution in [-0.4, -0.2) is 0 Å². The lowest BCUT2D eigenvalue weighted by Crippen LogP contribution is -2.34. The van der Waals surface area contributed by atoms with Gasteiger partial charge in [0, 0.05) is 16.9 Å². The highest BCUT2D eigenvalue weighted by molar-refractivity contribution is 5.97. The number of nitrogens with zero attached hydrogens (tertiary/aromatic N) is 1. The van der Waals surface area contributed by atoms with E-state index in [2.05, 4.69) is 248 Å². The third kappa shape index (κ3) is 6.56. The van der Waals surface area contributed by atoms with Crippen molar-refractivity contribution in [2.45, 2.75) is 108 Å². The van der Waals surface area contributed by atoms with E-state index in [0.29, 0.717) is 0 Å². The molecule has 0 saturated carbocycles. The van der Waals surface area contributed by atoms with Gasteiger partial charge in [-0.05, 0) is 156 Å². The molecule has 3 aliphatic rings. The highest BCUT2D eigenvalue weighted by atomic mass is 15.1. The van der Waals surface area contributed by atoms with Gasteiger partial charge < -0.3 is 4.90 Å². The summed E-state index contributed by atoms with van der Waals surface area (Å²) in [6.07, 6.45) is 4.73. The summed E-state index contributed by atoms with van der Waals surface area (Å²) in [6, 6.07) is 71.7. The second kappa shape index (κ2) is 15.3. The summed E-state index contributed by atoms with van der Waals surface area (Å²) in [5, 5.41) is 0. The molecule has 8 aromatic rings. The number of fused-ring (bicyclic) bond motifs is 5. The molecule has 0 aromatic heterocycles. The molecular formula is C65H63N. The van der Waals surface area contributed by atoms with Crippen LogP contribution >= 0.6 is 0 Å². The Morgan fingerprint density at radius 2 is 0.818 bits per heavy atom. The Balaban J connectivity index is 1.21. The van der Waals surface area contributed by atoms with Gasteiger partial charge in [-0.2, -0.15) is 0 Å². The zero-order chi connectivity index (χ0) is 45.6. The number of rotatable bonds is 7. The van der Waals surface area contributed by atoms with Crippen molar-refractivity contribution in [2.75, 3.05) is 4.90 Å². The fourth-order valence-corrected chi connectivity index (χ4v) is 12.4. The Morgan fingerprint density at radius 3 is 1.45 bits per heavy atom. The number of benzene rings is 8. The maximum Gasteiger partial charge on any atom is 0.0714 e. The van der Waals surface area contributed by atoms with Crippen molar-refractivity contribution in [2.24, 2.45) is 0 Å². The normalized spacial score (nSPS) is 17.8. The van der Waals surface area contributed by atoms with E-state index in [0.717, 1.165) is 12.1 Å². The van der Waals surface area contributed by atoms with Crippen LogP contribution in [0.15, 0.2) is 188 Å². The van der Waals surface area contributed by atoms with Crippen molar-refractivity contribution in [1.82, 2.24) is 0 Å². The van der Waals surface area contributed by atoms with Crippen molar-refractivity contribution in [1.29, 1.82) is 0 Å². The maximum absolute atomic E-state index is 2.57. The molecule has 0 atom stereocenters. The Bertz CT molecular complexity index is 3070. The minimum atomic E-state index is -0.539. The van der Waals surface area contributed by atoms with E-state index >= 15 is 0 Å². The molecule has 11 rings (SSSR count). The summed E-state index contributed by atoms with van der Waals surface area (Å²) < 4.78 is 0. The zero-order valence-corrected chi connectivity index (χ0v) is 40.2. The molecule has 0 bridgehead atoms. The largest absolute Gasteiger partial charge is 0.310 e. The number of anilines is 3. The third-order valence-corrected chi connectivity index (χ3v) is 16.3. The fraction of sp³-hybridized carbons (Fsp3) is 0.262. The molecule has 0 aliphatic heterocycles. The zero-order valence-electron chi connectivity index (χ0n) is 40.2. The predicted molar refractivity (Wildman–Crippen MR) is 280 cm³/mol. The molecule has 0 heterocycles. The first-order chi connectivity index (χ1) is 31.7. The molecule has 328 valence electrons. The topological polar surface area (TPSA) is 3.24 Å². The molecule has 0 radical (unpaired) electrons. The number of para-hydroxylation sites is 1. The van der Waals surface area contributed by atoms with Gasteiger partial charge in [0.15, 0.2) is 0 Å². The second-order valence-corrected chi connectivity index (χ2v) is 22.2. The molecule has 0 amide bonds. The Labute approximate surface area is 394 Å². The van der Waals surface area contributed by atoms with Crippen molar-refractivity contribution in [3.8, 4) is 33.4 Å². The van der Waals surface area contributed by atoms with E-state index in [9.17, 15) is 0 Å². The Morgan fingerprint density at radius 1 is 0.318 bits per heavy atom. The van der Waals surface area contributed by atoms with Crippen LogP contribution in [0.5, 0.6) is 0 Å². The molecule has 1 heteroatoms. The maximum atomic E-state index is 2.57. The summed E-state index contributed by atoms with van der Waals surface area (Å²) in [5.41, 5.74) is 22.1. The van der Waals surface area contributed by atoms with Crippen molar-refractivity contribution in [3.05, 3.63) is 233 Å². The highest BCUT2D eigenvalue weighted by Gasteiger charge is 2.47. The lowest BCUT2D eigenvalue weighted by molar-refractivity contribution is 0.332. The molecule has 0 spiro atoms. The number of hydrogen-bond donors (Lipinski definition) is 0. The minimum Gasteiger partial charge on any atom is -0.310 e. The van der Waals surface area contributed by atoms with E-state index in [-0.39, 0.29) is 21.7 Å². The quantitative estimate of drug-likeness (QED) is 0.154. The lowest BCUT2D eigenvalue weighted by atomic mass is 9.61. The van der Waals surface area contributed by atoms with Gasteiger partial charge in [0.2, 0.25) is 0 Å². The molecule has 8 aromatic carbocycles. The summed E-state index contributed by atoms with van der Waals surface area (Å²) in [6.45, 7) is 19.5. The van der Waals surface area contributed by atoms with Crippen LogP contribution in [0.2, 0.25) is 0 Å². The molecule has 66 heavy (non-hydrogen) atoms. The van der Waals surface area contributed by atoms with Gasteiger partial charge in [-0.15, -0.1) is 0 Å². The fourth-order valence-electron chi connectivity index (χ4n) is 12.4. The van der Waals surface area contributed by atoms with Crippen LogP contribution in [-0.2, 0) is 27.1 Å². The van der Waals surface area contributed by atoms with E-state index in [1.54, 1.807) is 0 Å². The van der Waals surface area contributed by atoms with Crippen molar-refractivity contribution in [3.63, 3.8) is 0 Å². The lowest BCUT2D eigenvalue weighted by Gasteiger charge is -2.43. The smallest absolute Gasteiger partial charge is 0.0714 e. The van der Waals surface area contributed by atoms with Crippen molar-refractivity contribution >= 4 is 17.1 Å². The molecular weight excluding hydrogens is 795 g/mol. The molecule has 1 nitrogen and oxygen atoms in total. The first-order valence-electron chi connectivity index (χ1n) is 24.4. The van der Waals surface area contributed by atoms with Crippen molar-refractivity contribution < 1.29 is 0 Å². The average molecular weight is 858 g/mol. The van der Waals surface area contributed by atoms with Gasteiger partial charge in [0.05, 0.1) is 11.1 Å². The summed E-state index contributed by atoms with van der Waals surface area (Å²) in [4.78, 5) is 2.56. The van der Waals surface area contributed by atoms with Gasteiger partial charge in [0.25, 0.3) is 0 Å². The summed E-state index contributed by atoms with van der Waals surface area (Å²) in [5.74, 6) is 0. The summed E-state index contributed by atoms with van der Waals surface area (Å²) in [7, 11) is 0. The predicted octanol–water partition coefficient (Wildman–Crippen LogP) is 17.6. The van der Waals surface area contributed by atoms with Gasteiger partial charge >= 0.3 is 0 Å². The van der Waals surface area contributed by atoms with Gasteiger partial charge in [-0.1, -0.05) is 207 Å². The molecule has 0 N–H and O–H groups in total. The van der Waals surface area contributed by atoms with E-state index in [4.69, 9.17) is 0 Å². The monoisotopic (exact) mass is 857 g/mol. The standard InChI is InChI=1S/C65H63N/c1-61(2)37-38-63(5,6)58-41-49(35-36-55(58)61)66(48-25-16-11-17-26-48)59-43-57-53(51-27-18-19-29-54(51)65(57,46-21-12-9-13-22-46)47-23-14-10-15-24-47)42-52(59)45-33-31-44(32-34-45)50-28-20-30-56-60(50)64(7,8)40-39-62(56,3)4/h9-36,41-43H,37-40H2,1-8H3. The molecule has 3 aliphatic carbocycles. The molecule has 0 saturated heterocycles. The van der Waals surface area contributed by atoms with E-state index in [1.807, 2.05) is 0 Å². The van der Waals surface area contributed by atoms with Crippen LogP contribution in [0.1, 0.15) is 126 Å². The SMILES string of the molecule is CC1(C)CCC(C)(C)c2cc(N(c3ccccc3)c3cc4c(cc3-c3ccc(-c5cccc6c5C(C)(C)CCC6(C)C)cc3)-c3ccccc3C4(c3ccccc3)c3ccccc3)ccc21. The molecule has 0 unspecified atom stereocenters. The van der Waals surface area contributed by atoms with Gasteiger partial charge in [-0.3, -0.25) is 0 Å². The number of hydrogen-bond acceptors (Lipinski definition) is 1. The van der Waals surface area contributed by atoms with Crippen LogP contribution in [0.25, 0.3) is 33.4 Å². The molecule has 0 fully saturated rings. The van der Waals surface area contributed by atoms with Crippen LogP contribution in [0.3, 0.4) is 0 Å². The first-order valence-corrected chi connectivity index (χ1v) is 24.4.